The van der Waals surface area contributed by atoms with Crippen LogP contribution in [0.1, 0.15) is 66.2 Å². The summed E-state index contributed by atoms with van der Waals surface area (Å²) in [7, 11) is 0. The second-order valence-corrected chi connectivity index (χ2v) is 7.93. The maximum Gasteiger partial charge on any atom is 0.337 e. The highest BCUT2D eigenvalue weighted by atomic mass is 16.6. The lowest BCUT2D eigenvalue weighted by Gasteiger charge is -2.31. The molecule has 1 aliphatic carbocycles. The summed E-state index contributed by atoms with van der Waals surface area (Å²) in [6.45, 7) is 5.98. The summed E-state index contributed by atoms with van der Waals surface area (Å²) in [5.74, 6) is -4.33. The van der Waals surface area contributed by atoms with Gasteiger partial charge in [0.15, 0.2) is 0 Å². The van der Waals surface area contributed by atoms with Gasteiger partial charge in [-0.05, 0) is 53.4 Å². The van der Waals surface area contributed by atoms with Gasteiger partial charge in [0.05, 0.1) is 6.42 Å². The molecule has 0 heterocycles. The Morgan fingerprint density at radius 2 is 1.70 bits per heavy atom. The van der Waals surface area contributed by atoms with Crippen LogP contribution in [0.3, 0.4) is 0 Å². The largest absolute Gasteiger partial charge is 0.480 e. The summed E-state index contributed by atoms with van der Waals surface area (Å²) < 4.78 is 10.5. The minimum absolute atomic E-state index is 0.268. The van der Waals surface area contributed by atoms with Gasteiger partial charge in [-0.1, -0.05) is 6.42 Å². The van der Waals surface area contributed by atoms with E-state index in [-0.39, 0.29) is 6.10 Å². The molecular weight excluding hydrogens is 356 g/mol. The lowest BCUT2D eigenvalue weighted by atomic mass is 9.93. The van der Waals surface area contributed by atoms with Crippen molar-refractivity contribution >= 4 is 23.8 Å². The van der Waals surface area contributed by atoms with Crippen LogP contribution < -0.4 is 11.1 Å². The normalized spacial score (nSPS) is 18.7. The Hall–Kier alpha value is -2.16. The van der Waals surface area contributed by atoms with E-state index >= 15 is 0 Å². The summed E-state index contributed by atoms with van der Waals surface area (Å²) in [6.07, 6.45) is 3.38. The number of nitrogens with two attached hydrogens (primary N) is 1. The Balaban J connectivity index is 2.94. The molecule has 4 N–H and O–H groups in total. The minimum atomic E-state index is -2.39. The van der Waals surface area contributed by atoms with Crippen molar-refractivity contribution in [2.75, 3.05) is 0 Å². The molecule has 0 aliphatic heterocycles. The van der Waals surface area contributed by atoms with Crippen LogP contribution in [-0.4, -0.2) is 52.2 Å². The first kappa shape index (κ1) is 22.9. The number of rotatable bonds is 7. The number of esters is 2. The molecule has 0 aromatic heterocycles. The SMILES string of the molecule is C[C@H](NC(=O)[C@@](N)(CC(=O)OC1CCCCC1)C(=O)OC(C)(C)C)C(=O)O. The van der Waals surface area contributed by atoms with Crippen LogP contribution in [0.4, 0.5) is 0 Å². The predicted octanol–water partition coefficient (Wildman–Crippen LogP) is 0.881. The first-order valence-electron chi connectivity index (χ1n) is 9.11. The molecule has 1 saturated carbocycles. The predicted molar refractivity (Wildman–Crippen MR) is 95.6 cm³/mol. The molecule has 27 heavy (non-hydrogen) atoms. The van der Waals surface area contributed by atoms with Gasteiger partial charge in [0.2, 0.25) is 5.54 Å². The highest BCUT2D eigenvalue weighted by Gasteiger charge is 2.48. The smallest absolute Gasteiger partial charge is 0.337 e. The van der Waals surface area contributed by atoms with Crippen molar-refractivity contribution in [1.29, 1.82) is 0 Å². The Labute approximate surface area is 158 Å². The molecule has 2 atom stereocenters. The van der Waals surface area contributed by atoms with Gasteiger partial charge < -0.3 is 25.6 Å². The Morgan fingerprint density at radius 3 is 2.19 bits per heavy atom. The van der Waals surface area contributed by atoms with E-state index in [1.807, 2.05) is 0 Å². The number of carboxylic acids is 1. The van der Waals surface area contributed by atoms with E-state index in [1.54, 1.807) is 20.8 Å². The molecule has 0 aromatic carbocycles. The van der Waals surface area contributed by atoms with E-state index in [4.69, 9.17) is 20.3 Å². The van der Waals surface area contributed by atoms with E-state index < -0.39 is 47.4 Å². The van der Waals surface area contributed by atoms with Gasteiger partial charge >= 0.3 is 17.9 Å². The fourth-order valence-corrected chi connectivity index (χ4v) is 2.64. The number of hydrogen-bond donors (Lipinski definition) is 3. The average Bonchev–Trinajstić information content (AvgIpc) is 2.53. The van der Waals surface area contributed by atoms with Gasteiger partial charge in [0.25, 0.3) is 5.91 Å². The van der Waals surface area contributed by atoms with Crippen LogP contribution in [0.15, 0.2) is 0 Å². The van der Waals surface area contributed by atoms with Gasteiger partial charge in [-0.15, -0.1) is 0 Å². The van der Waals surface area contributed by atoms with Crippen molar-refractivity contribution < 1.29 is 33.8 Å². The monoisotopic (exact) mass is 386 g/mol. The Morgan fingerprint density at radius 1 is 1.15 bits per heavy atom. The van der Waals surface area contributed by atoms with Crippen LogP contribution in [0.25, 0.3) is 0 Å². The van der Waals surface area contributed by atoms with Crippen molar-refractivity contribution in [3.8, 4) is 0 Å². The van der Waals surface area contributed by atoms with Crippen LogP contribution >= 0.6 is 0 Å². The van der Waals surface area contributed by atoms with Crippen molar-refractivity contribution in [1.82, 2.24) is 5.32 Å². The van der Waals surface area contributed by atoms with Crippen LogP contribution in [0.5, 0.6) is 0 Å². The molecule has 1 fully saturated rings. The standard InChI is InChI=1S/C18H30N2O7/c1-11(14(22)23)20-15(24)18(19,16(25)27-17(2,3)4)10-13(21)26-12-8-6-5-7-9-12/h11-12H,5-10,19H2,1-4H3,(H,20,24)(H,22,23)/t11-,18-/m0/s1. The zero-order chi connectivity index (χ0) is 20.8. The zero-order valence-electron chi connectivity index (χ0n) is 16.4. The number of amides is 1. The van der Waals surface area contributed by atoms with Gasteiger partial charge in [-0.3, -0.25) is 14.4 Å². The number of aliphatic carboxylic acids is 1. The van der Waals surface area contributed by atoms with E-state index in [9.17, 15) is 19.2 Å². The van der Waals surface area contributed by atoms with E-state index in [2.05, 4.69) is 5.32 Å². The number of carbonyl (C=O) groups excluding carboxylic acids is 3. The van der Waals surface area contributed by atoms with Crippen molar-refractivity contribution in [3.63, 3.8) is 0 Å². The Kier molecular flexibility index (Phi) is 7.77. The van der Waals surface area contributed by atoms with Crippen molar-refractivity contribution in [2.24, 2.45) is 5.73 Å². The van der Waals surface area contributed by atoms with Gasteiger partial charge in [-0.25, -0.2) is 4.79 Å². The lowest BCUT2D eigenvalue weighted by Crippen LogP contribution is -2.64. The molecule has 1 rings (SSSR count). The number of ether oxygens (including phenoxy) is 2. The first-order chi connectivity index (χ1) is 12.3. The zero-order valence-corrected chi connectivity index (χ0v) is 16.4. The van der Waals surface area contributed by atoms with Crippen molar-refractivity contribution in [3.05, 3.63) is 0 Å². The van der Waals surface area contributed by atoms with Crippen LogP contribution in [-0.2, 0) is 28.7 Å². The second-order valence-electron chi connectivity index (χ2n) is 7.93. The summed E-state index contributed by atoms with van der Waals surface area (Å²) in [4.78, 5) is 48.4. The molecule has 154 valence electrons. The molecule has 0 radical (unpaired) electrons. The maximum absolute atomic E-state index is 12.5. The van der Waals surface area contributed by atoms with Gasteiger partial charge in [0, 0.05) is 0 Å². The minimum Gasteiger partial charge on any atom is -0.480 e. The van der Waals surface area contributed by atoms with Gasteiger partial charge in [-0.2, -0.15) is 0 Å². The Bertz CT molecular complexity index is 579. The molecule has 9 heteroatoms. The third-order valence-corrected chi connectivity index (χ3v) is 4.16. The number of carbonyl (C=O) groups is 4. The van der Waals surface area contributed by atoms with E-state index in [0.717, 1.165) is 32.1 Å². The maximum atomic E-state index is 12.5. The van der Waals surface area contributed by atoms with Crippen LogP contribution in [0, 0.1) is 0 Å². The summed E-state index contributed by atoms with van der Waals surface area (Å²) in [6, 6.07) is -1.29. The molecule has 1 amide bonds. The van der Waals surface area contributed by atoms with Gasteiger partial charge in [0.1, 0.15) is 17.7 Å². The number of nitrogens with one attached hydrogen (secondary N) is 1. The molecule has 0 spiro atoms. The fraction of sp³-hybridized carbons (Fsp3) is 0.778. The molecule has 0 bridgehead atoms. The number of hydrogen-bond acceptors (Lipinski definition) is 7. The topological polar surface area (TPSA) is 145 Å². The first-order valence-corrected chi connectivity index (χ1v) is 9.11. The third-order valence-electron chi connectivity index (χ3n) is 4.16. The molecule has 0 unspecified atom stereocenters. The number of carboxylic acid groups (broad SMARTS) is 1. The quantitative estimate of drug-likeness (QED) is 0.432. The van der Waals surface area contributed by atoms with E-state index in [0.29, 0.717) is 0 Å². The average molecular weight is 386 g/mol. The van der Waals surface area contributed by atoms with Crippen molar-refractivity contribution in [2.45, 2.75) is 89.5 Å². The molecule has 0 saturated heterocycles. The molecule has 9 nitrogen and oxygen atoms in total. The lowest BCUT2D eigenvalue weighted by molar-refractivity contribution is -0.170. The highest BCUT2D eigenvalue weighted by molar-refractivity contribution is 6.10. The summed E-state index contributed by atoms with van der Waals surface area (Å²) >= 11 is 0. The molecular formula is C18H30N2O7. The third kappa shape index (κ3) is 7.16. The summed E-state index contributed by atoms with van der Waals surface area (Å²) in [5.41, 5.74) is 2.63. The molecule has 1 aliphatic rings. The van der Waals surface area contributed by atoms with E-state index in [1.165, 1.54) is 6.92 Å². The molecule has 0 aromatic rings. The second kappa shape index (κ2) is 9.16. The highest BCUT2D eigenvalue weighted by Crippen LogP contribution is 2.23. The summed E-state index contributed by atoms with van der Waals surface area (Å²) in [5, 5.41) is 11.1. The van der Waals surface area contributed by atoms with Crippen LogP contribution in [0.2, 0.25) is 0 Å². The fourth-order valence-electron chi connectivity index (χ4n) is 2.64.